The summed E-state index contributed by atoms with van der Waals surface area (Å²) in [4.78, 5) is 14.8. The van der Waals surface area contributed by atoms with E-state index < -0.39 is 0 Å². The first kappa shape index (κ1) is 21.3. The molecule has 1 aromatic carbocycles. The number of amides is 1. The number of benzene rings is 1. The van der Waals surface area contributed by atoms with Crippen molar-refractivity contribution in [1.82, 2.24) is 10.6 Å². The van der Waals surface area contributed by atoms with Gasteiger partial charge in [-0.2, -0.15) is 0 Å². The average Bonchev–Trinajstić information content (AvgIpc) is 3.23. The molecule has 26 heavy (non-hydrogen) atoms. The van der Waals surface area contributed by atoms with E-state index in [0.29, 0.717) is 6.04 Å². The molecular formula is C20H31Cl2N3O. The third-order valence-electron chi connectivity index (χ3n) is 6.07. The van der Waals surface area contributed by atoms with Crippen LogP contribution in [0.5, 0.6) is 0 Å². The molecule has 6 heteroatoms. The molecule has 3 atom stereocenters. The Kier molecular flexibility index (Phi) is 8.05. The van der Waals surface area contributed by atoms with Crippen LogP contribution in [0, 0.1) is 5.92 Å². The van der Waals surface area contributed by atoms with E-state index in [4.69, 9.17) is 0 Å². The summed E-state index contributed by atoms with van der Waals surface area (Å²) in [6, 6.07) is 9.31. The van der Waals surface area contributed by atoms with Gasteiger partial charge < -0.3 is 15.5 Å². The van der Waals surface area contributed by atoms with Crippen LogP contribution in [0.25, 0.3) is 0 Å². The molecule has 2 fully saturated rings. The molecule has 1 aromatic rings. The van der Waals surface area contributed by atoms with Crippen LogP contribution in [-0.2, 0) is 11.2 Å². The van der Waals surface area contributed by atoms with Crippen molar-refractivity contribution in [3.63, 3.8) is 0 Å². The second kappa shape index (κ2) is 9.82. The lowest BCUT2D eigenvalue weighted by molar-refractivity contribution is -0.122. The second-order valence-electron chi connectivity index (χ2n) is 7.62. The second-order valence-corrected chi connectivity index (χ2v) is 7.62. The Hall–Kier alpha value is -0.970. The Morgan fingerprint density at radius 3 is 2.85 bits per heavy atom. The zero-order chi connectivity index (χ0) is 16.4. The van der Waals surface area contributed by atoms with E-state index in [1.165, 1.54) is 36.9 Å². The van der Waals surface area contributed by atoms with E-state index >= 15 is 0 Å². The largest absolute Gasteiger partial charge is 0.371 e. The van der Waals surface area contributed by atoms with E-state index in [-0.39, 0.29) is 36.8 Å². The van der Waals surface area contributed by atoms with Crippen molar-refractivity contribution < 1.29 is 4.79 Å². The molecule has 0 radical (unpaired) electrons. The SMILES string of the molecule is Cl.Cl.O=C(NCCCN1CCc2ccccc21)C1CC2CCCCC2N1. The minimum atomic E-state index is 0. The minimum Gasteiger partial charge on any atom is -0.371 e. The van der Waals surface area contributed by atoms with Crippen LogP contribution in [0.4, 0.5) is 5.69 Å². The number of para-hydroxylation sites is 1. The quantitative estimate of drug-likeness (QED) is 0.746. The van der Waals surface area contributed by atoms with Gasteiger partial charge in [0.05, 0.1) is 6.04 Å². The number of hydrogen-bond acceptors (Lipinski definition) is 3. The fourth-order valence-electron chi connectivity index (χ4n) is 4.76. The van der Waals surface area contributed by atoms with Crippen molar-refractivity contribution in [2.24, 2.45) is 5.92 Å². The van der Waals surface area contributed by atoms with Crippen LogP contribution < -0.4 is 15.5 Å². The fraction of sp³-hybridized carbons (Fsp3) is 0.650. The van der Waals surface area contributed by atoms with Crippen molar-refractivity contribution in [2.75, 3.05) is 24.5 Å². The molecule has 1 amide bonds. The third kappa shape index (κ3) is 4.65. The summed E-state index contributed by atoms with van der Waals surface area (Å²) >= 11 is 0. The van der Waals surface area contributed by atoms with Crippen LogP contribution >= 0.6 is 24.8 Å². The molecule has 1 saturated heterocycles. The summed E-state index contributed by atoms with van der Waals surface area (Å²) in [7, 11) is 0. The summed E-state index contributed by atoms with van der Waals surface area (Å²) < 4.78 is 0. The molecule has 3 aliphatic rings. The van der Waals surface area contributed by atoms with Crippen LogP contribution in [0.2, 0.25) is 0 Å². The van der Waals surface area contributed by atoms with Gasteiger partial charge in [-0.15, -0.1) is 24.8 Å². The van der Waals surface area contributed by atoms with Gasteiger partial charge in [-0.05, 0) is 49.7 Å². The number of rotatable bonds is 5. The summed E-state index contributed by atoms with van der Waals surface area (Å²) in [5.41, 5.74) is 2.84. The van der Waals surface area contributed by atoms with Gasteiger partial charge in [-0.25, -0.2) is 0 Å². The molecule has 4 nitrogen and oxygen atoms in total. The number of carbonyl (C=O) groups excluding carboxylic acids is 1. The first-order valence-corrected chi connectivity index (χ1v) is 9.68. The molecule has 0 aromatic heterocycles. The van der Waals surface area contributed by atoms with Gasteiger partial charge in [0.1, 0.15) is 0 Å². The van der Waals surface area contributed by atoms with Gasteiger partial charge in [0, 0.05) is 31.4 Å². The maximum absolute atomic E-state index is 12.4. The minimum absolute atomic E-state index is 0. The molecule has 4 rings (SSSR count). The highest BCUT2D eigenvalue weighted by Crippen LogP contribution is 2.33. The van der Waals surface area contributed by atoms with E-state index in [2.05, 4.69) is 39.8 Å². The predicted molar refractivity (Wildman–Crippen MR) is 112 cm³/mol. The maximum Gasteiger partial charge on any atom is 0.237 e. The Balaban J connectivity index is 0.00000121. The highest BCUT2D eigenvalue weighted by molar-refractivity contribution is 5.85. The van der Waals surface area contributed by atoms with E-state index in [0.717, 1.165) is 44.8 Å². The summed E-state index contributed by atoms with van der Waals surface area (Å²) in [5, 5.41) is 6.72. The number of fused-ring (bicyclic) bond motifs is 2. The summed E-state index contributed by atoms with van der Waals surface area (Å²) in [6.07, 6.45) is 8.42. The number of anilines is 1. The molecule has 146 valence electrons. The summed E-state index contributed by atoms with van der Waals surface area (Å²) in [6.45, 7) is 2.92. The molecule has 1 aliphatic carbocycles. The number of hydrogen-bond donors (Lipinski definition) is 2. The first-order valence-electron chi connectivity index (χ1n) is 9.68. The Labute approximate surface area is 169 Å². The zero-order valence-electron chi connectivity index (χ0n) is 15.3. The fourth-order valence-corrected chi connectivity index (χ4v) is 4.76. The van der Waals surface area contributed by atoms with Gasteiger partial charge in [0.25, 0.3) is 0 Å². The van der Waals surface area contributed by atoms with Gasteiger partial charge in [-0.1, -0.05) is 31.0 Å². The van der Waals surface area contributed by atoms with Crippen molar-refractivity contribution in [3.05, 3.63) is 29.8 Å². The number of carbonyl (C=O) groups is 1. The Morgan fingerprint density at radius 2 is 2.00 bits per heavy atom. The Bertz CT molecular complexity index is 584. The first-order chi connectivity index (χ1) is 11.8. The van der Waals surface area contributed by atoms with Crippen LogP contribution in [-0.4, -0.2) is 37.6 Å². The van der Waals surface area contributed by atoms with E-state index in [1.54, 1.807) is 0 Å². The lowest BCUT2D eigenvalue weighted by Gasteiger charge is -2.24. The highest BCUT2D eigenvalue weighted by atomic mass is 35.5. The standard InChI is InChI=1S/C20H29N3O.2ClH/c24-20(18-14-16-7-1-3-8-17(16)22-18)21-11-5-12-23-13-10-15-6-2-4-9-19(15)23;;/h2,4,6,9,16-18,22H,1,3,5,7-8,10-14H2,(H,21,24);2*1H. The van der Waals surface area contributed by atoms with Crippen molar-refractivity contribution in [1.29, 1.82) is 0 Å². The topological polar surface area (TPSA) is 44.4 Å². The molecule has 3 unspecified atom stereocenters. The molecule has 2 aliphatic heterocycles. The molecular weight excluding hydrogens is 369 g/mol. The average molecular weight is 400 g/mol. The normalized spacial score (nSPS) is 26.3. The number of halogens is 2. The molecule has 2 N–H and O–H groups in total. The van der Waals surface area contributed by atoms with Crippen molar-refractivity contribution in [2.45, 2.75) is 57.0 Å². The Morgan fingerprint density at radius 1 is 1.19 bits per heavy atom. The van der Waals surface area contributed by atoms with E-state index in [9.17, 15) is 4.79 Å². The maximum atomic E-state index is 12.4. The monoisotopic (exact) mass is 399 g/mol. The number of nitrogens with zero attached hydrogens (tertiary/aromatic N) is 1. The van der Waals surface area contributed by atoms with Crippen LogP contribution in [0.1, 0.15) is 44.1 Å². The van der Waals surface area contributed by atoms with E-state index in [1.807, 2.05) is 0 Å². The molecule has 2 heterocycles. The van der Waals surface area contributed by atoms with Gasteiger partial charge in [0.2, 0.25) is 5.91 Å². The van der Waals surface area contributed by atoms with Gasteiger partial charge in [-0.3, -0.25) is 4.79 Å². The molecule has 0 bridgehead atoms. The lowest BCUT2D eigenvalue weighted by atomic mass is 9.85. The summed E-state index contributed by atoms with van der Waals surface area (Å²) in [5.74, 6) is 0.946. The molecule has 1 saturated carbocycles. The lowest BCUT2D eigenvalue weighted by Crippen LogP contribution is -2.43. The van der Waals surface area contributed by atoms with Gasteiger partial charge >= 0.3 is 0 Å². The van der Waals surface area contributed by atoms with Crippen LogP contribution in [0.15, 0.2) is 24.3 Å². The number of nitrogens with one attached hydrogen (secondary N) is 2. The van der Waals surface area contributed by atoms with Crippen molar-refractivity contribution >= 4 is 36.4 Å². The smallest absolute Gasteiger partial charge is 0.237 e. The molecule has 0 spiro atoms. The highest BCUT2D eigenvalue weighted by Gasteiger charge is 2.37. The van der Waals surface area contributed by atoms with Gasteiger partial charge in [0.15, 0.2) is 0 Å². The van der Waals surface area contributed by atoms with Crippen molar-refractivity contribution in [3.8, 4) is 0 Å². The third-order valence-corrected chi connectivity index (χ3v) is 6.07. The predicted octanol–water partition coefficient (Wildman–Crippen LogP) is 3.32. The van der Waals surface area contributed by atoms with Crippen LogP contribution in [0.3, 0.4) is 0 Å². The zero-order valence-corrected chi connectivity index (χ0v) is 16.9.